The first-order valence-electron chi connectivity index (χ1n) is 9.41. The molecule has 1 fully saturated rings. The number of primary amides is 1. The Labute approximate surface area is 158 Å². The van der Waals surface area contributed by atoms with E-state index in [0.717, 1.165) is 19.4 Å². The van der Waals surface area contributed by atoms with E-state index in [2.05, 4.69) is 28.5 Å². The maximum atomic E-state index is 10.4. The molecule has 146 valence electrons. The summed E-state index contributed by atoms with van der Waals surface area (Å²) in [7, 11) is 2.19. The Balaban J connectivity index is 0.000000264. The van der Waals surface area contributed by atoms with Crippen molar-refractivity contribution in [3.05, 3.63) is 35.4 Å². The van der Waals surface area contributed by atoms with Gasteiger partial charge in [-0.25, -0.2) is 4.79 Å². The van der Waals surface area contributed by atoms with Crippen molar-refractivity contribution in [3.63, 3.8) is 0 Å². The third-order valence-electron chi connectivity index (χ3n) is 6.44. The SMILES string of the molecule is CCOC(N)=O.CN1CC[C@]23c4c5ccc(O)c4O[C@H]2[C@@H](O)C=C[C@H]3[C@H]1C5. The molecule has 0 unspecified atom stereocenters. The number of rotatable bonds is 1. The number of amides is 1. The fourth-order valence-electron chi connectivity index (χ4n) is 5.38. The Morgan fingerprint density at radius 2 is 2.22 bits per heavy atom. The maximum absolute atomic E-state index is 10.4. The maximum Gasteiger partial charge on any atom is 0.404 e. The smallest absolute Gasteiger partial charge is 0.404 e. The molecular formula is C20H26N2O5. The van der Waals surface area contributed by atoms with Gasteiger partial charge in [-0.05, 0) is 45.0 Å². The summed E-state index contributed by atoms with van der Waals surface area (Å²) in [5.41, 5.74) is 6.83. The van der Waals surface area contributed by atoms with Gasteiger partial charge in [0, 0.05) is 22.9 Å². The van der Waals surface area contributed by atoms with E-state index >= 15 is 0 Å². The number of ether oxygens (including phenoxy) is 2. The van der Waals surface area contributed by atoms with E-state index in [0.29, 0.717) is 24.3 Å². The highest BCUT2D eigenvalue weighted by Gasteiger charge is 2.64. The quantitative estimate of drug-likeness (QED) is 0.640. The highest BCUT2D eigenvalue weighted by molar-refractivity contribution is 5.64. The molecule has 2 bridgehead atoms. The fourth-order valence-corrected chi connectivity index (χ4v) is 5.38. The van der Waals surface area contributed by atoms with E-state index in [1.165, 1.54) is 11.1 Å². The van der Waals surface area contributed by atoms with Crippen molar-refractivity contribution in [1.82, 2.24) is 4.90 Å². The topological polar surface area (TPSA) is 105 Å². The van der Waals surface area contributed by atoms with E-state index in [4.69, 9.17) is 4.74 Å². The summed E-state index contributed by atoms with van der Waals surface area (Å²) in [6.45, 7) is 3.07. The Morgan fingerprint density at radius 1 is 1.44 bits per heavy atom. The number of hydrogen-bond donors (Lipinski definition) is 3. The van der Waals surface area contributed by atoms with Crippen LogP contribution in [0.4, 0.5) is 4.79 Å². The lowest BCUT2D eigenvalue weighted by Crippen LogP contribution is -2.64. The van der Waals surface area contributed by atoms with Crippen LogP contribution in [0.5, 0.6) is 11.5 Å². The Kier molecular flexibility index (Phi) is 4.31. The number of likely N-dealkylation sites (tertiary alicyclic amines) is 1. The number of likely N-dealkylation sites (N-methyl/N-ethyl adjacent to an activating group) is 1. The fraction of sp³-hybridized carbons (Fsp3) is 0.550. The molecule has 4 aliphatic rings. The molecule has 0 saturated carbocycles. The van der Waals surface area contributed by atoms with E-state index in [1.54, 1.807) is 13.0 Å². The van der Waals surface area contributed by atoms with Crippen LogP contribution in [0.25, 0.3) is 0 Å². The van der Waals surface area contributed by atoms with Crippen LogP contribution in [0.1, 0.15) is 24.5 Å². The molecule has 1 aromatic carbocycles. The Hall–Kier alpha value is -2.25. The molecule has 5 rings (SSSR count). The summed E-state index contributed by atoms with van der Waals surface area (Å²) >= 11 is 0. The van der Waals surface area contributed by atoms with Crippen molar-refractivity contribution in [2.24, 2.45) is 11.7 Å². The number of piperidine rings is 1. The molecule has 1 aromatic rings. The Bertz CT molecular complexity index is 795. The van der Waals surface area contributed by atoms with Crippen LogP contribution in [0, 0.1) is 5.92 Å². The minimum Gasteiger partial charge on any atom is -0.504 e. The normalized spacial score (nSPS) is 34.8. The van der Waals surface area contributed by atoms with Crippen LogP contribution in [0.3, 0.4) is 0 Å². The second-order valence-corrected chi connectivity index (χ2v) is 7.68. The number of aliphatic hydroxyl groups excluding tert-OH is 1. The number of phenolic OH excluding ortho intramolecular Hbond substituents is 1. The summed E-state index contributed by atoms with van der Waals surface area (Å²) in [6, 6.07) is 4.23. The first-order valence-corrected chi connectivity index (χ1v) is 9.41. The van der Waals surface area contributed by atoms with Crippen molar-refractivity contribution >= 4 is 6.09 Å². The van der Waals surface area contributed by atoms with Crippen LogP contribution in [-0.2, 0) is 16.6 Å². The summed E-state index contributed by atoms with van der Waals surface area (Å²) in [6.07, 6.45) is 4.47. The standard InChI is InChI=1S/C17H19NO3.C3H7NO2/c1-18-7-6-17-10-3-5-13(20)16(17)21-15-12(19)4-2-9(14(15)17)8-11(10)18;1-2-6-3(4)5/h2-5,10-11,13,16,19-20H,6-8H2,1H3;2H2,1H3,(H2,4,5)/t10-,11+,13-,16-,17-;/m0./s1. The molecule has 0 aromatic heterocycles. The zero-order valence-corrected chi connectivity index (χ0v) is 15.6. The molecule has 27 heavy (non-hydrogen) atoms. The number of carbonyl (C=O) groups is 1. The van der Waals surface area contributed by atoms with E-state index in [1.807, 2.05) is 12.1 Å². The van der Waals surface area contributed by atoms with Gasteiger partial charge in [0.2, 0.25) is 0 Å². The molecule has 4 N–H and O–H groups in total. The second kappa shape index (κ2) is 6.42. The van der Waals surface area contributed by atoms with E-state index < -0.39 is 12.2 Å². The minimum atomic E-state index is -0.711. The average molecular weight is 374 g/mol. The van der Waals surface area contributed by atoms with Crippen molar-refractivity contribution in [2.45, 2.75) is 43.4 Å². The monoisotopic (exact) mass is 374 g/mol. The molecule has 1 saturated heterocycles. The van der Waals surface area contributed by atoms with Gasteiger partial charge in [0.15, 0.2) is 11.5 Å². The first kappa shape index (κ1) is 18.1. The summed E-state index contributed by atoms with van der Waals surface area (Å²) in [5.74, 6) is 1.19. The number of nitrogens with zero attached hydrogens (tertiary/aromatic N) is 1. The second-order valence-electron chi connectivity index (χ2n) is 7.68. The lowest BCUT2D eigenvalue weighted by Gasteiger charge is -2.56. The minimum absolute atomic E-state index is 0.160. The van der Waals surface area contributed by atoms with E-state index in [9.17, 15) is 15.0 Å². The molecule has 1 spiro atoms. The zero-order valence-electron chi connectivity index (χ0n) is 15.6. The predicted molar refractivity (Wildman–Crippen MR) is 98.8 cm³/mol. The molecule has 0 radical (unpaired) electrons. The molecular weight excluding hydrogens is 348 g/mol. The van der Waals surface area contributed by atoms with E-state index in [-0.39, 0.29) is 17.3 Å². The summed E-state index contributed by atoms with van der Waals surface area (Å²) < 4.78 is 10.3. The summed E-state index contributed by atoms with van der Waals surface area (Å²) in [5, 5.41) is 20.6. The molecule has 2 aliphatic carbocycles. The van der Waals surface area contributed by atoms with Crippen LogP contribution in [-0.4, -0.2) is 59.7 Å². The molecule has 1 amide bonds. The third kappa shape index (κ3) is 2.52. The first-order chi connectivity index (χ1) is 12.9. The molecule has 2 heterocycles. The lowest BCUT2D eigenvalue weighted by molar-refractivity contribution is -0.0453. The van der Waals surface area contributed by atoms with Crippen LogP contribution in [0.15, 0.2) is 24.3 Å². The van der Waals surface area contributed by atoms with Gasteiger partial charge in [0.1, 0.15) is 12.2 Å². The molecule has 5 atom stereocenters. The van der Waals surface area contributed by atoms with Gasteiger partial charge >= 0.3 is 6.09 Å². The molecule has 2 aliphatic heterocycles. The van der Waals surface area contributed by atoms with Gasteiger partial charge < -0.3 is 30.3 Å². The van der Waals surface area contributed by atoms with Crippen molar-refractivity contribution < 1.29 is 24.5 Å². The van der Waals surface area contributed by atoms with Crippen LogP contribution in [0.2, 0.25) is 0 Å². The van der Waals surface area contributed by atoms with Crippen LogP contribution < -0.4 is 10.5 Å². The van der Waals surface area contributed by atoms with Crippen molar-refractivity contribution in [3.8, 4) is 11.5 Å². The average Bonchev–Trinajstić information content (AvgIpc) is 2.98. The largest absolute Gasteiger partial charge is 0.504 e. The van der Waals surface area contributed by atoms with Crippen molar-refractivity contribution in [2.75, 3.05) is 20.2 Å². The number of hydrogen-bond acceptors (Lipinski definition) is 6. The van der Waals surface area contributed by atoms with Crippen LogP contribution >= 0.6 is 0 Å². The highest BCUT2D eigenvalue weighted by atomic mass is 16.5. The number of benzene rings is 1. The van der Waals surface area contributed by atoms with Gasteiger partial charge in [-0.15, -0.1) is 0 Å². The predicted octanol–water partition coefficient (Wildman–Crippen LogP) is 1.30. The number of aromatic hydroxyl groups is 1. The third-order valence-corrected chi connectivity index (χ3v) is 6.44. The van der Waals surface area contributed by atoms with Gasteiger partial charge in [0.25, 0.3) is 0 Å². The lowest BCUT2D eigenvalue weighted by atomic mass is 9.53. The molecule has 7 nitrogen and oxygen atoms in total. The number of phenols is 1. The van der Waals surface area contributed by atoms with Gasteiger partial charge in [-0.3, -0.25) is 0 Å². The van der Waals surface area contributed by atoms with Crippen molar-refractivity contribution in [1.29, 1.82) is 0 Å². The zero-order chi connectivity index (χ0) is 19.3. The summed E-state index contributed by atoms with van der Waals surface area (Å²) in [4.78, 5) is 12.0. The number of carbonyl (C=O) groups excluding carboxylic acids is 1. The van der Waals surface area contributed by atoms with Gasteiger partial charge in [-0.2, -0.15) is 0 Å². The van der Waals surface area contributed by atoms with Gasteiger partial charge in [0.05, 0.1) is 6.61 Å². The number of aliphatic hydroxyl groups is 1. The highest BCUT2D eigenvalue weighted by Crippen LogP contribution is 2.62. The molecule has 7 heteroatoms. The Morgan fingerprint density at radius 3 is 2.89 bits per heavy atom. The number of nitrogens with two attached hydrogens (primary N) is 1. The van der Waals surface area contributed by atoms with Gasteiger partial charge in [-0.1, -0.05) is 18.2 Å².